The van der Waals surface area contributed by atoms with Gasteiger partial charge in [0.1, 0.15) is 0 Å². The van der Waals surface area contributed by atoms with E-state index in [0.29, 0.717) is 4.99 Å². The minimum atomic E-state index is 0.666. The summed E-state index contributed by atoms with van der Waals surface area (Å²) in [6, 6.07) is 0.861. The van der Waals surface area contributed by atoms with Crippen molar-refractivity contribution in [3.63, 3.8) is 0 Å². The summed E-state index contributed by atoms with van der Waals surface area (Å²) in [5.74, 6) is 0. The lowest BCUT2D eigenvalue weighted by atomic mass is 10.1. The number of hydrogen-bond acceptors (Lipinski definition) is 2. The second-order valence-electron chi connectivity index (χ2n) is 4.49. The van der Waals surface area contributed by atoms with Crippen molar-refractivity contribution < 1.29 is 0 Å². The van der Waals surface area contributed by atoms with E-state index in [1.54, 1.807) is 0 Å². The Kier molecular flexibility index (Phi) is 6.18. The maximum atomic E-state index is 5.48. The van der Waals surface area contributed by atoms with Gasteiger partial charge >= 0.3 is 0 Å². The van der Waals surface area contributed by atoms with Crippen molar-refractivity contribution in [1.29, 1.82) is 0 Å². The molecule has 1 rings (SSSR count). The molecule has 2 N–H and O–H groups in total. The molecule has 0 aromatic heterocycles. The molecule has 88 valence electrons. The zero-order valence-electron chi connectivity index (χ0n) is 9.87. The molecule has 1 fully saturated rings. The van der Waals surface area contributed by atoms with E-state index in [4.69, 9.17) is 18.0 Å². The van der Waals surface area contributed by atoms with E-state index in [-0.39, 0.29) is 0 Å². The normalized spacial score (nSPS) is 17.5. The number of nitrogens with zero attached hydrogens (tertiary/aromatic N) is 1. The molecule has 0 aromatic rings. The van der Waals surface area contributed by atoms with Gasteiger partial charge in [-0.15, -0.1) is 0 Å². The van der Waals surface area contributed by atoms with Crippen LogP contribution >= 0.6 is 12.2 Å². The Morgan fingerprint density at radius 2 is 2.00 bits per heavy atom. The number of thiocarbonyl (C=S) groups is 1. The second-order valence-corrected chi connectivity index (χ2v) is 5.01. The summed E-state index contributed by atoms with van der Waals surface area (Å²) < 4.78 is 0. The Morgan fingerprint density at radius 1 is 1.33 bits per heavy atom. The van der Waals surface area contributed by atoms with Crippen molar-refractivity contribution in [1.82, 2.24) is 4.90 Å². The minimum absolute atomic E-state index is 0.666. The number of unbranched alkanes of at least 4 members (excludes halogenated alkanes) is 1. The van der Waals surface area contributed by atoms with Crippen molar-refractivity contribution in [2.75, 3.05) is 13.1 Å². The van der Waals surface area contributed by atoms with Crippen LogP contribution in [0.15, 0.2) is 0 Å². The zero-order chi connectivity index (χ0) is 11.1. The van der Waals surface area contributed by atoms with Gasteiger partial charge in [-0.25, -0.2) is 0 Å². The lowest BCUT2D eigenvalue weighted by molar-refractivity contribution is 0.205. The quantitative estimate of drug-likeness (QED) is 0.536. The van der Waals surface area contributed by atoms with Crippen LogP contribution in [0.2, 0.25) is 0 Å². The van der Waals surface area contributed by atoms with Crippen LogP contribution in [-0.2, 0) is 0 Å². The van der Waals surface area contributed by atoms with Gasteiger partial charge in [0.25, 0.3) is 0 Å². The lowest BCUT2D eigenvalue weighted by Crippen LogP contribution is -2.33. The topological polar surface area (TPSA) is 29.3 Å². The van der Waals surface area contributed by atoms with Crippen LogP contribution < -0.4 is 5.73 Å². The van der Waals surface area contributed by atoms with E-state index in [2.05, 4.69) is 11.8 Å². The molecule has 1 aliphatic rings. The maximum absolute atomic E-state index is 5.48. The Hall–Kier alpha value is -0.150. The first-order valence-corrected chi connectivity index (χ1v) is 6.67. The second kappa shape index (κ2) is 7.18. The summed E-state index contributed by atoms with van der Waals surface area (Å²) >= 11 is 4.87. The third kappa shape index (κ3) is 4.94. The highest BCUT2D eigenvalue weighted by molar-refractivity contribution is 7.80. The number of nitrogens with two attached hydrogens (primary N) is 1. The smallest absolute Gasteiger partial charge is 0.0727 e. The van der Waals surface area contributed by atoms with Crippen molar-refractivity contribution in [3.05, 3.63) is 0 Å². The summed E-state index contributed by atoms with van der Waals surface area (Å²) in [6.07, 6.45) is 8.96. The van der Waals surface area contributed by atoms with Crippen LogP contribution in [0.5, 0.6) is 0 Å². The van der Waals surface area contributed by atoms with Crippen LogP contribution in [-0.4, -0.2) is 29.0 Å². The van der Waals surface area contributed by atoms with Gasteiger partial charge < -0.3 is 10.6 Å². The molecule has 0 radical (unpaired) electrons. The first kappa shape index (κ1) is 12.9. The first-order chi connectivity index (χ1) is 7.24. The van der Waals surface area contributed by atoms with Crippen molar-refractivity contribution in [2.45, 2.75) is 57.9 Å². The molecule has 0 unspecified atom stereocenters. The van der Waals surface area contributed by atoms with Crippen LogP contribution in [0.4, 0.5) is 0 Å². The van der Waals surface area contributed by atoms with Gasteiger partial charge in [0.05, 0.1) is 4.99 Å². The average molecular weight is 228 g/mol. The lowest BCUT2D eigenvalue weighted by Gasteiger charge is -2.27. The summed E-state index contributed by atoms with van der Waals surface area (Å²) in [6.45, 7) is 4.69. The Balaban J connectivity index is 2.13. The third-order valence-corrected chi connectivity index (χ3v) is 3.57. The molecule has 0 aliphatic heterocycles. The molecule has 0 aromatic carbocycles. The van der Waals surface area contributed by atoms with Crippen molar-refractivity contribution in [3.8, 4) is 0 Å². The van der Waals surface area contributed by atoms with E-state index in [0.717, 1.165) is 18.9 Å². The molecule has 15 heavy (non-hydrogen) atoms. The van der Waals surface area contributed by atoms with Gasteiger partial charge in [-0.2, -0.15) is 0 Å². The fraction of sp³-hybridized carbons (Fsp3) is 0.917. The Bertz CT molecular complexity index is 188. The minimum Gasteiger partial charge on any atom is -0.393 e. The van der Waals surface area contributed by atoms with E-state index < -0.39 is 0 Å². The van der Waals surface area contributed by atoms with Crippen molar-refractivity contribution in [2.24, 2.45) is 5.73 Å². The highest BCUT2D eigenvalue weighted by atomic mass is 32.1. The fourth-order valence-corrected chi connectivity index (χ4v) is 2.63. The van der Waals surface area contributed by atoms with Crippen LogP contribution in [0.1, 0.15) is 51.9 Å². The Labute approximate surface area is 99.2 Å². The summed E-state index contributed by atoms with van der Waals surface area (Å²) in [5, 5.41) is 0. The molecular weight excluding hydrogens is 204 g/mol. The molecule has 1 saturated carbocycles. The maximum Gasteiger partial charge on any atom is 0.0727 e. The summed E-state index contributed by atoms with van der Waals surface area (Å²) in [7, 11) is 0. The molecule has 0 atom stereocenters. The highest BCUT2D eigenvalue weighted by Gasteiger charge is 2.20. The predicted octanol–water partition coefficient (Wildman–Crippen LogP) is 2.71. The van der Waals surface area contributed by atoms with Gasteiger partial charge in [0.2, 0.25) is 0 Å². The SMILES string of the molecule is CCN(CCCCC(N)=S)C1CCCC1. The van der Waals surface area contributed by atoms with Crippen LogP contribution in [0, 0.1) is 0 Å². The molecule has 3 heteroatoms. The molecule has 0 saturated heterocycles. The first-order valence-electron chi connectivity index (χ1n) is 6.26. The number of hydrogen-bond donors (Lipinski definition) is 1. The molecule has 0 spiro atoms. The van der Waals surface area contributed by atoms with Crippen LogP contribution in [0.3, 0.4) is 0 Å². The van der Waals surface area contributed by atoms with E-state index in [1.807, 2.05) is 0 Å². The van der Waals surface area contributed by atoms with E-state index in [9.17, 15) is 0 Å². The van der Waals surface area contributed by atoms with Gasteiger partial charge in [0, 0.05) is 6.04 Å². The van der Waals surface area contributed by atoms with Gasteiger partial charge in [-0.3, -0.25) is 0 Å². The largest absolute Gasteiger partial charge is 0.393 e. The number of rotatable bonds is 7. The predicted molar refractivity (Wildman–Crippen MR) is 70.1 cm³/mol. The van der Waals surface area contributed by atoms with E-state index >= 15 is 0 Å². The summed E-state index contributed by atoms with van der Waals surface area (Å²) in [5.41, 5.74) is 5.48. The van der Waals surface area contributed by atoms with Crippen molar-refractivity contribution >= 4 is 17.2 Å². The molecular formula is C12H24N2S. The molecule has 0 amide bonds. The molecule has 0 bridgehead atoms. The van der Waals surface area contributed by atoms with Gasteiger partial charge in [-0.05, 0) is 45.2 Å². The monoisotopic (exact) mass is 228 g/mol. The van der Waals surface area contributed by atoms with E-state index in [1.165, 1.54) is 45.2 Å². The molecule has 2 nitrogen and oxygen atoms in total. The third-order valence-electron chi connectivity index (χ3n) is 3.37. The fourth-order valence-electron chi connectivity index (χ4n) is 2.48. The van der Waals surface area contributed by atoms with Gasteiger partial charge in [0.15, 0.2) is 0 Å². The standard InChI is InChI=1S/C12H24N2S/c1-2-14(11-7-3-4-8-11)10-6-5-9-12(13)15/h11H,2-10H2,1H3,(H2,13,15). The zero-order valence-corrected chi connectivity index (χ0v) is 10.7. The summed E-state index contributed by atoms with van der Waals surface area (Å²) in [4.78, 5) is 3.30. The average Bonchev–Trinajstić information content (AvgIpc) is 2.70. The highest BCUT2D eigenvalue weighted by Crippen LogP contribution is 2.23. The van der Waals surface area contributed by atoms with Crippen LogP contribution in [0.25, 0.3) is 0 Å². The molecule has 1 aliphatic carbocycles. The van der Waals surface area contributed by atoms with Gasteiger partial charge in [-0.1, -0.05) is 32.0 Å². The molecule has 0 heterocycles. The Morgan fingerprint density at radius 3 is 2.53 bits per heavy atom.